The number of aliphatic carboxylic acids is 1. The summed E-state index contributed by atoms with van der Waals surface area (Å²) in [6, 6.07) is 11.3. The number of carboxylic acid groups (broad SMARTS) is 1. The number of carboxylic acids is 1. The van der Waals surface area contributed by atoms with Crippen molar-refractivity contribution in [2.75, 3.05) is 5.88 Å². The minimum absolute atomic E-state index is 0.255. The van der Waals surface area contributed by atoms with Crippen LogP contribution in [0.2, 0.25) is 0 Å². The number of Topliss-reactive ketones (excluding diaryl/α,β-unsaturated/α-hetero) is 1. The molecular weight excluding hydrogens is 404 g/mol. The summed E-state index contributed by atoms with van der Waals surface area (Å²) >= 11 is 1.50. The van der Waals surface area contributed by atoms with E-state index < -0.39 is 23.8 Å². The molecule has 2 aromatic carbocycles. The van der Waals surface area contributed by atoms with Crippen LogP contribution < -0.4 is 15.8 Å². The van der Waals surface area contributed by atoms with Crippen LogP contribution >= 0.6 is 11.8 Å². The fourth-order valence-electron chi connectivity index (χ4n) is 3.04. The lowest BCUT2D eigenvalue weighted by atomic mass is 10.0. The van der Waals surface area contributed by atoms with Gasteiger partial charge in [-0.3, -0.25) is 19.7 Å². The average Bonchev–Trinajstić information content (AvgIpc) is 3.19. The molecule has 0 spiro atoms. The standard InChI is InChI=1S/C22H22N2O5S/c1-13-8-17(7-4-15(13)10-18(23)22(27)28)29-16-5-2-14(3-6-16)9-20-21(19(26)11-25)24-12-30-20/h2-9,11,18,21,24H,10,12,23H2,1H3,(H,27,28). The molecule has 1 aliphatic rings. The summed E-state index contributed by atoms with van der Waals surface area (Å²) in [6.45, 7) is 1.89. The lowest BCUT2D eigenvalue weighted by Crippen LogP contribution is -2.32. The second-order valence-electron chi connectivity index (χ2n) is 6.90. The predicted molar refractivity (Wildman–Crippen MR) is 115 cm³/mol. The summed E-state index contributed by atoms with van der Waals surface area (Å²) in [4.78, 5) is 34.2. The van der Waals surface area contributed by atoms with Gasteiger partial charge in [-0.05, 0) is 60.4 Å². The Bertz CT molecular complexity index is 988. The molecule has 30 heavy (non-hydrogen) atoms. The van der Waals surface area contributed by atoms with Gasteiger partial charge in [0.05, 0.1) is 0 Å². The molecule has 4 N–H and O–H groups in total. The van der Waals surface area contributed by atoms with Gasteiger partial charge in [-0.1, -0.05) is 18.2 Å². The second kappa shape index (κ2) is 9.71. The minimum Gasteiger partial charge on any atom is -0.480 e. The smallest absolute Gasteiger partial charge is 0.320 e. The summed E-state index contributed by atoms with van der Waals surface area (Å²) in [5, 5.41) is 12.0. The zero-order valence-electron chi connectivity index (χ0n) is 16.3. The Balaban J connectivity index is 1.68. The number of thioether (sulfide) groups is 1. The summed E-state index contributed by atoms with van der Waals surface area (Å²) < 4.78 is 5.88. The fraction of sp³-hybridized carbons (Fsp3) is 0.227. The maximum absolute atomic E-state index is 11.7. The fourth-order valence-corrected chi connectivity index (χ4v) is 4.05. The summed E-state index contributed by atoms with van der Waals surface area (Å²) in [5.41, 5.74) is 8.27. The van der Waals surface area contributed by atoms with Crippen LogP contribution in [0.4, 0.5) is 0 Å². The van der Waals surface area contributed by atoms with Crippen LogP contribution in [0.1, 0.15) is 16.7 Å². The molecule has 8 heteroatoms. The first-order valence-electron chi connectivity index (χ1n) is 9.30. The van der Waals surface area contributed by atoms with Crippen LogP contribution in [-0.2, 0) is 20.8 Å². The Labute approximate surface area is 178 Å². The number of nitrogens with two attached hydrogens (primary N) is 1. The maximum atomic E-state index is 11.7. The number of aryl methyl sites for hydroxylation is 1. The van der Waals surface area contributed by atoms with E-state index in [0.717, 1.165) is 21.6 Å². The van der Waals surface area contributed by atoms with E-state index in [4.69, 9.17) is 15.6 Å². The van der Waals surface area contributed by atoms with Gasteiger partial charge in [0.15, 0.2) is 6.29 Å². The molecule has 3 rings (SSSR count). The number of aldehydes is 1. The minimum atomic E-state index is -1.03. The van der Waals surface area contributed by atoms with Gasteiger partial charge in [0, 0.05) is 10.8 Å². The maximum Gasteiger partial charge on any atom is 0.320 e. The lowest BCUT2D eigenvalue weighted by molar-refractivity contribution is -0.138. The Morgan fingerprint density at radius 3 is 2.60 bits per heavy atom. The van der Waals surface area contributed by atoms with Crippen molar-refractivity contribution in [3.05, 3.63) is 64.1 Å². The molecule has 2 unspecified atom stereocenters. The molecule has 0 aliphatic carbocycles. The first-order chi connectivity index (χ1) is 14.4. The van der Waals surface area contributed by atoms with Crippen molar-refractivity contribution in [3.8, 4) is 11.5 Å². The van der Waals surface area contributed by atoms with E-state index in [1.54, 1.807) is 6.07 Å². The number of ketones is 1. The number of carbonyl (C=O) groups is 3. The third-order valence-corrected chi connectivity index (χ3v) is 5.71. The zero-order chi connectivity index (χ0) is 21.7. The molecule has 0 radical (unpaired) electrons. The van der Waals surface area contributed by atoms with Gasteiger partial charge in [0.1, 0.15) is 23.6 Å². The van der Waals surface area contributed by atoms with Gasteiger partial charge < -0.3 is 15.6 Å². The number of rotatable bonds is 8. The van der Waals surface area contributed by atoms with Crippen LogP contribution in [0.5, 0.6) is 11.5 Å². The molecular formula is C22H22N2O5S. The molecule has 2 aromatic rings. The molecule has 1 fully saturated rings. The second-order valence-corrected chi connectivity index (χ2v) is 7.95. The molecule has 1 heterocycles. The number of benzene rings is 2. The first kappa shape index (κ1) is 21.8. The third kappa shape index (κ3) is 5.35. The van der Waals surface area contributed by atoms with Crippen LogP contribution in [0.25, 0.3) is 6.08 Å². The largest absolute Gasteiger partial charge is 0.480 e. The summed E-state index contributed by atoms with van der Waals surface area (Å²) in [6.07, 6.45) is 2.48. The normalized spacial score (nSPS) is 18.2. The van der Waals surface area contributed by atoms with Crippen LogP contribution in [0, 0.1) is 6.92 Å². The highest BCUT2D eigenvalue weighted by Gasteiger charge is 2.27. The van der Waals surface area contributed by atoms with E-state index in [-0.39, 0.29) is 6.42 Å². The SMILES string of the molecule is Cc1cc(Oc2ccc(C=C3SCNC3C(=O)C=O)cc2)ccc1CC(N)C(=O)O. The van der Waals surface area contributed by atoms with E-state index >= 15 is 0 Å². The van der Waals surface area contributed by atoms with E-state index in [9.17, 15) is 14.4 Å². The molecule has 0 amide bonds. The highest BCUT2D eigenvalue weighted by atomic mass is 32.2. The number of carbonyl (C=O) groups excluding carboxylic acids is 2. The van der Waals surface area contributed by atoms with E-state index in [1.165, 1.54) is 11.8 Å². The molecule has 1 aliphatic heterocycles. The van der Waals surface area contributed by atoms with Crippen LogP contribution in [-0.4, -0.2) is 41.1 Å². The van der Waals surface area contributed by atoms with E-state index in [0.29, 0.717) is 23.7 Å². The lowest BCUT2D eigenvalue weighted by Gasteiger charge is -2.12. The van der Waals surface area contributed by atoms with Crippen molar-refractivity contribution in [3.63, 3.8) is 0 Å². The molecule has 7 nitrogen and oxygen atoms in total. The van der Waals surface area contributed by atoms with Gasteiger partial charge in [0.2, 0.25) is 5.78 Å². The number of hydrogen-bond acceptors (Lipinski definition) is 7. The van der Waals surface area contributed by atoms with Crippen LogP contribution in [0.3, 0.4) is 0 Å². The molecule has 0 aromatic heterocycles. The molecule has 1 saturated heterocycles. The number of nitrogens with one attached hydrogen (secondary N) is 1. The highest BCUT2D eigenvalue weighted by molar-refractivity contribution is 8.03. The van der Waals surface area contributed by atoms with Crippen molar-refractivity contribution >= 4 is 35.9 Å². The van der Waals surface area contributed by atoms with Crippen molar-refractivity contribution in [1.29, 1.82) is 0 Å². The van der Waals surface area contributed by atoms with Crippen LogP contribution in [0.15, 0.2) is 47.4 Å². The number of ether oxygens (including phenoxy) is 1. The Kier molecular flexibility index (Phi) is 7.04. The van der Waals surface area contributed by atoms with Gasteiger partial charge >= 0.3 is 5.97 Å². The highest BCUT2D eigenvalue weighted by Crippen LogP contribution is 2.29. The van der Waals surface area contributed by atoms with E-state index in [2.05, 4.69) is 5.32 Å². The Morgan fingerprint density at radius 1 is 1.27 bits per heavy atom. The summed E-state index contributed by atoms with van der Waals surface area (Å²) in [5.74, 6) is 0.361. The predicted octanol–water partition coefficient (Wildman–Crippen LogP) is 2.51. The Morgan fingerprint density at radius 2 is 1.97 bits per heavy atom. The van der Waals surface area contributed by atoms with Gasteiger partial charge in [-0.25, -0.2) is 0 Å². The Hall–Kier alpha value is -2.94. The van der Waals surface area contributed by atoms with Crippen molar-refractivity contribution < 1.29 is 24.2 Å². The van der Waals surface area contributed by atoms with E-state index in [1.807, 2.05) is 49.4 Å². The first-order valence-corrected chi connectivity index (χ1v) is 10.3. The monoisotopic (exact) mass is 426 g/mol. The molecule has 156 valence electrons. The topological polar surface area (TPSA) is 119 Å². The number of hydrogen-bond donors (Lipinski definition) is 3. The molecule has 0 bridgehead atoms. The van der Waals surface area contributed by atoms with Crippen molar-refractivity contribution in [2.24, 2.45) is 5.73 Å². The van der Waals surface area contributed by atoms with Gasteiger partial charge in [-0.15, -0.1) is 11.8 Å². The molecule has 0 saturated carbocycles. The van der Waals surface area contributed by atoms with Gasteiger partial charge in [0.25, 0.3) is 0 Å². The quantitative estimate of drug-likeness (QED) is 0.435. The van der Waals surface area contributed by atoms with Gasteiger partial charge in [-0.2, -0.15) is 0 Å². The third-order valence-electron chi connectivity index (χ3n) is 4.71. The van der Waals surface area contributed by atoms with Crippen molar-refractivity contribution in [1.82, 2.24) is 5.32 Å². The zero-order valence-corrected chi connectivity index (χ0v) is 17.1. The van der Waals surface area contributed by atoms with Crippen molar-refractivity contribution in [2.45, 2.75) is 25.4 Å². The molecule has 2 atom stereocenters. The average molecular weight is 426 g/mol. The summed E-state index contributed by atoms with van der Waals surface area (Å²) in [7, 11) is 0.